The topological polar surface area (TPSA) is 72.5 Å². The molecule has 1 atom stereocenters. The summed E-state index contributed by atoms with van der Waals surface area (Å²) in [4.78, 5) is 11.1. The van der Waals surface area contributed by atoms with Gasteiger partial charge in [-0.3, -0.25) is 0 Å². The number of carbonyl (C=O) groups excluding carboxylic acids is 1. The average Bonchev–Trinajstić information content (AvgIpc) is 2.46. The number of carbonyl (C=O) groups is 1. The first-order valence-corrected chi connectivity index (χ1v) is 6.59. The van der Waals surface area contributed by atoms with Crippen LogP contribution in [0.15, 0.2) is 11.5 Å². The Bertz CT molecular complexity index is 347. The molecule has 0 aromatic rings. The van der Waals surface area contributed by atoms with E-state index in [2.05, 4.69) is 5.32 Å². The summed E-state index contributed by atoms with van der Waals surface area (Å²) in [6.07, 6.45) is 2.66. The highest BCUT2D eigenvalue weighted by Crippen LogP contribution is 2.07. The monoisotopic (exact) mass is 233 g/mol. The lowest BCUT2D eigenvalue weighted by atomic mass is 10.3. The SMILES string of the molecule is CCCCOC(=O)N[C@H]1C=CS(=O)(=O)C1. The molecule has 0 aromatic heterocycles. The zero-order valence-corrected chi connectivity index (χ0v) is 9.42. The quantitative estimate of drug-likeness (QED) is 0.730. The van der Waals surface area contributed by atoms with Gasteiger partial charge in [0.2, 0.25) is 0 Å². The Morgan fingerprint density at radius 2 is 2.33 bits per heavy atom. The maximum Gasteiger partial charge on any atom is 0.407 e. The van der Waals surface area contributed by atoms with Crippen LogP contribution in [0.4, 0.5) is 4.79 Å². The summed E-state index contributed by atoms with van der Waals surface area (Å²) in [6.45, 7) is 2.36. The number of unbranched alkanes of at least 4 members (excludes halogenated alkanes) is 1. The second-order valence-corrected chi connectivity index (χ2v) is 5.33. The van der Waals surface area contributed by atoms with Gasteiger partial charge in [-0.2, -0.15) is 0 Å². The van der Waals surface area contributed by atoms with E-state index in [0.29, 0.717) is 6.61 Å². The van der Waals surface area contributed by atoms with Gasteiger partial charge in [-0.05, 0) is 12.5 Å². The van der Waals surface area contributed by atoms with Gasteiger partial charge in [-0.25, -0.2) is 13.2 Å². The fourth-order valence-corrected chi connectivity index (χ4v) is 2.40. The second kappa shape index (κ2) is 5.16. The highest BCUT2D eigenvalue weighted by Gasteiger charge is 2.23. The Kier molecular flexibility index (Phi) is 4.14. The van der Waals surface area contributed by atoms with E-state index in [0.717, 1.165) is 18.2 Å². The highest BCUT2D eigenvalue weighted by molar-refractivity contribution is 7.94. The summed E-state index contributed by atoms with van der Waals surface area (Å²) in [5, 5.41) is 3.58. The Morgan fingerprint density at radius 1 is 1.60 bits per heavy atom. The molecule has 1 rings (SSSR count). The molecule has 86 valence electrons. The molecule has 0 aromatic carbocycles. The molecular formula is C9H15NO4S. The molecule has 0 unspecified atom stereocenters. The molecule has 0 fully saturated rings. The van der Waals surface area contributed by atoms with E-state index >= 15 is 0 Å². The Labute approximate surface area is 89.4 Å². The number of rotatable bonds is 4. The van der Waals surface area contributed by atoms with Crippen LogP contribution in [-0.2, 0) is 14.6 Å². The predicted octanol–water partition coefficient (Wildman–Crippen LogP) is 0.823. The smallest absolute Gasteiger partial charge is 0.407 e. The molecule has 1 heterocycles. The second-order valence-electron chi connectivity index (χ2n) is 3.40. The Morgan fingerprint density at radius 3 is 2.87 bits per heavy atom. The summed E-state index contributed by atoms with van der Waals surface area (Å²) >= 11 is 0. The maximum absolute atomic E-state index is 11.1. The lowest BCUT2D eigenvalue weighted by molar-refractivity contribution is 0.143. The zero-order chi connectivity index (χ0) is 11.3. The number of nitrogens with one attached hydrogen (secondary N) is 1. The van der Waals surface area contributed by atoms with E-state index in [9.17, 15) is 13.2 Å². The number of ether oxygens (including phenoxy) is 1. The lowest BCUT2D eigenvalue weighted by Gasteiger charge is -2.09. The number of amides is 1. The van der Waals surface area contributed by atoms with Gasteiger partial charge in [-0.15, -0.1) is 0 Å². The largest absolute Gasteiger partial charge is 0.450 e. The van der Waals surface area contributed by atoms with Gasteiger partial charge in [0, 0.05) is 5.41 Å². The first kappa shape index (κ1) is 12.0. The standard InChI is InChI=1S/C9H15NO4S/c1-2-3-5-14-9(11)10-8-4-6-15(12,13)7-8/h4,6,8H,2-3,5,7H2,1H3,(H,10,11)/t8-/m0/s1. The molecular weight excluding hydrogens is 218 g/mol. The molecule has 0 saturated carbocycles. The first-order valence-electron chi connectivity index (χ1n) is 4.88. The summed E-state index contributed by atoms with van der Waals surface area (Å²) in [5.74, 6) is -0.0735. The normalized spacial score (nSPS) is 22.6. The van der Waals surface area contributed by atoms with Crippen LogP contribution >= 0.6 is 0 Å². The van der Waals surface area contributed by atoms with Crippen LogP contribution in [-0.4, -0.2) is 32.9 Å². The third-order valence-corrected chi connectivity index (χ3v) is 3.36. The van der Waals surface area contributed by atoms with Gasteiger partial charge in [0.15, 0.2) is 9.84 Å². The fourth-order valence-electron chi connectivity index (χ4n) is 1.17. The molecule has 1 amide bonds. The number of sulfone groups is 1. The van der Waals surface area contributed by atoms with Gasteiger partial charge in [0.25, 0.3) is 0 Å². The minimum absolute atomic E-state index is 0.0735. The van der Waals surface area contributed by atoms with Crippen molar-refractivity contribution in [2.24, 2.45) is 0 Å². The van der Waals surface area contributed by atoms with Crippen LogP contribution in [0.1, 0.15) is 19.8 Å². The molecule has 1 aliphatic heterocycles. The zero-order valence-electron chi connectivity index (χ0n) is 8.60. The number of hydrogen-bond donors (Lipinski definition) is 1. The minimum atomic E-state index is -3.12. The average molecular weight is 233 g/mol. The lowest BCUT2D eigenvalue weighted by Crippen LogP contribution is -2.36. The molecule has 0 bridgehead atoms. The molecule has 0 aliphatic carbocycles. The van der Waals surface area contributed by atoms with Crippen LogP contribution in [0.2, 0.25) is 0 Å². The predicted molar refractivity (Wildman–Crippen MR) is 56.1 cm³/mol. The summed E-state index contributed by atoms with van der Waals surface area (Å²) in [5.41, 5.74) is 0. The summed E-state index contributed by atoms with van der Waals surface area (Å²) in [6, 6.07) is -0.455. The first-order chi connectivity index (χ1) is 7.03. The molecule has 5 nitrogen and oxygen atoms in total. The van der Waals surface area contributed by atoms with Gasteiger partial charge in [0.1, 0.15) is 0 Å². The van der Waals surface area contributed by atoms with E-state index in [4.69, 9.17) is 4.74 Å². The van der Waals surface area contributed by atoms with Crippen molar-refractivity contribution in [3.05, 3.63) is 11.5 Å². The van der Waals surface area contributed by atoms with Crippen molar-refractivity contribution in [3.8, 4) is 0 Å². The van der Waals surface area contributed by atoms with Gasteiger partial charge in [0.05, 0.1) is 18.4 Å². The summed E-state index contributed by atoms with van der Waals surface area (Å²) < 4.78 is 26.8. The number of hydrogen-bond acceptors (Lipinski definition) is 4. The molecule has 0 radical (unpaired) electrons. The number of alkyl carbamates (subject to hydrolysis) is 1. The van der Waals surface area contributed by atoms with Crippen molar-refractivity contribution in [1.29, 1.82) is 0 Å². The molecule has 15 heavy (non-hydrogen) atoms. The van der Waals surface area contributed by atoms with Crippen LogP contribution in [0.5, 0.6) is 0 Å². The Balaban J connectivity index is 2.26. The minimum Gasteiger partial charge on any atom is -0.450 e. The van der Waals surface area contributed by atoms with Crippen molar-refractivity contribution in [3.63, 3.8) is 0 Å². The molecule has 0 saturated heterocycles. The van der Waals surface area contributed by atoms with E-state index in [1.54, 1.807) is 0 Å². The maximum atomic E-state index is 11.1. The molecule has 1 aliphatic rings. The van der Waals surface area contributed by atoms with Gasteiger partial charge in [-0.1, -0.05) is 13.3 Å². The van der Waals surface area contributed by atoms with Crippen LogP contribution in [0.3, 0.4) is 0 Å². The molecule has 6 heteroatoms. The van der Waals surface area contributed by atoms with Crippen molar-refractivity contribution in [1.82, 2.24) is 5.32 Å². The van der Waals surface area contributed by atoms with Gasteiger partial charge >= 0.3 is 6.09 Å². The molecule has 1 N–H and O–H groups in total. The van der Waals surface area contributed by atoms with E-state index in [1.165, 1.54) is 6.08 Å². The summed E-state index contributed by atoms with van der Waals surface area (Å²) in [7, 11) is -3.12. The van der Waals surface area contributed by atoms with E-state index in [1.807, 2.05) is 6.92 Å². The van der Waals surface area contributed by atoms with Crippen molar-refractivity contribution in [2.45, 2.75) is 25.8 Å². The van der Waals surface area contributed by atoms with Crippen molar-refractivity contribution >= 4 is 15.9 Å². The molecule has 0 spiro atoms. The fraction of sp³-hybridized carbons (Fsp3) is 0.667. The van der Waals surface area contributed by atoms with Crippen molar-refractivity contribution in [2.75, 3.05) is 12.4 Å². The van der Waals surface area contributed by atoms with Crippen LogP contribution in [0, 0.1) is 0 Å². The van der Waals surface area contributed by atoms with Gasteiger partial charge < -0.3 is 10.1 Å². The van der Waals surface area contributed by atoms with Crippen molar-refractivity contribution < 1.29 is 17.9 Å². The highest BCUT2D eigenvalue weighted by atomic mass is 32.2. The van der Waals surface area contributed by atoms with E-state index < -0.39 is 22.0 Å². The van der Waals surface area contributed by atoms with Crippen LogP contribution in [0.25, 0.3) is 0 Å². The third kappa shape index (κ3) is 4.33. The van der Waals surface area contributed by atoms with Crippen LogP contribution < -0.4 is 5.32 Å². The van der Waals surface area contributed by atoms with E-state index in [-0.39, 0.29) is 5.75 Å². The Hall–Kier alpha value is -1.04. The third-order valence-electron chi connectivity index (χ3n) is 1.96.